The van der Waals surface area contributed by atoms with E-state index < -0.39 is 0 Å². The molecule has 1 aliphatic heterocycles. The number of ether oxygens (including phenoxy) is 1. The summed E-state index contributed by atoms with van der Waals surface area (Å²) in [5, 5.41) is 13.0. The number of nitriles is 1. The molecule has 0 unspecified atom stereocenters. The minimum Gasteiger partial charge on any atom is -0.494 e. The van der Waals surface area contributed by atoms with Gasteiger partial charge in [-0.15, -0.1) is 11.3 Å². The van der Waals surface area contributed by atoms with Crippen LogP contribution in [0.4, 0.5) is 5.00 Å². The number of anilines is 1. The fourth-order valence-corrected chi connectivity index (χ4v) is 4.30. The van der Waals surface area contributed by atoms with Crippen LogP contribution in [0, 0.1) is 11.3 Å². The van der Waals surface area contributed by atoms with E-state index in [0.29, 0.717) is 42.2 Å². The van der Waals surface area contributed by atoms with Gasteiger partial charge in [-0.1, -0.05) is 13.3 Å². The first kappa shape index (κ1) is 19.9. The number of hydrogen-bond donors (Lipinski definition) is 1. The first-order chi connectivity index (χ1) is 13.5. The monoisotopic (exact) mass is 397 g/mol. The van der Waals surface area contributed by atoms with E-state index in [9.17, 15) is 14.9 Å². The van der Waals surface area contributed by atoms with E-state index in [4.69, 9.17) is 4.74 Å². The van der Waals surface area contributed by atoms with E-state index in [1.54, 1.807) is 36.1 Å². The van der Waals surface area contributed by atoms with Gasteiger partial charge in [-0.2, -0.15) is 5.26 Å². The molecule has 0 spiro atoms. The molecule has 1 aromatic carbocycles. The molecule has 0 radical (unpaired) electrons. The third-order valence-electron chi connectivity index (χ3n) is 4.72. The van der Waals surface area contributed by atoms with Crippen LogP contribution in [0.25, 0.3) is 0 Å². The number of carbonyl (C=O) groups excluding carboxylic acids is 2. The lowest BCUT2D eigenvalue weighted by Crippen LogP contribution is -2.33. The molecule has 0 fully saturated rings. The Bertz CT molecular complexity index is 912. The second kappa shape index (κ2) is 8.89. The van der Waals surface area contributed by atoms with E-state index >= 15 is 0 Å². The minimum atomic E-state index is -0.265. The lowest BCUT2D eigenvalue weighted by molar-refractivity contribution is -0.129. The summed E-state index contributed by atoms with van der Waals surface area (Å²) < 4.78 is 5.62. The van der Waals surface area contributed by atoms with E-state index in [1.807, 2.05) is 0 Å². The van der Waals surface area contributed by atoms with Gasteiger partial charge in [-0.25, -0.2) is 0 Å². The van der Waals surface area contributed by atoms with Crippen LogP contribution >= 0.6 is 11.3 Å². The molecule has 2 amide bonds. The number of carbonyl (C=O) groups is 2. The van der Waals surface area contributed by atoms with Gasteiger partial charge in [0.25, 0.3) is 5.91 Å². The molecule has 0 aliphatic carbocycles. The average molecular weight is 398 g/mol. The molecule has 2 heterocycles. The second-order valence-electron chi connectivity index (χ2n) is 6.69. The normalized spacial score (nSPS) is 12.8. The highest BCUT2D eigenvalue weighted by Gasteiger charge is 2.26. The number of unbranched alkanes of at least 4 members (excludes halogenated alkanes) is 1. The maximum atomic E-state index is 12.6. The van der Waals surface area contributed by atoms with Crippen molar-refractivity contribution in [2.24, 2.45) is 0 Å². The molecular formula is C21H23N3O3S. The van der Waals surface area contributed by atoms with Crippen LogP contribution in [0.1, 0.15) is 53.1 Å². The van der Waals surface area contributed by atoms with Crippen molar-refractivity contribution in [3.05, 3.63) is 45.8 Å². The Labute approximate surface area is 168 Å². The molecule has 1 N–H and O–H groups in total. The summed E-state index contributed by atoms with van der Waals surface area (Å²) in [5.41, 5.74) is 1.96. The molecule has 1 aromatic heterocycles. The number of hydrogen-bond acceptors (Lipinski definition) is 5. The third kappa shape index (κ3) is 4.34. The van der Waals surface area contributed by atoms with Gasteiger partial charge in [-0.3, -0.25) is 9.59 Å². The number of benzene rings is 1. The summed E-state index contributed by atoms with van der Waals surface area (Å²) in [6, 6.07) is 9.20. The SMILES string of the molecule is CCCCOc1ccc(C(=O)Nc2sc3c(c2C#N)CCN(C(C)=O)C3)cc1. The summed E-state index contributed by atoms with van der Waals surface area (Å²) >= 11 is 1.37. The van der Waals surface area contributed by atoms with Gasteiger partial charge in [-0.05, 0) is 42.7 Å². The van der Waals surface area contributed by atoms with Gasteiger partial charge in [0.2, 0.25) is 5.91 Å². The number of fused-ring (bicyclic) bond motifs is 1. The highest BCUT2D eigenvalue weighted by atomic mass is 32.1. The molecular weight excluding hydrogens is 374 g/mol. The van der Waals surface area contributed by atoms with E-state index in [0.717, 1.165) is 29.0 Å². The maximum Gasteiger partial charge on any atom is 0.256 e. The topological polar surface area (TPSA) is 82.4 Å². The lowest BCUT2D eigenvalue weighted by atomic mass is 10.0. The van der Waals surface area contributed by atoms with Crippen molar-refractivity contribution < 1.29 is 14.3 Å². The first-order valence-corrected chi connectivity index (χ1v) is 10.2. The average Bonchev–Trinajstić information content (AvgIpc) is 3.04. The van der Waals surface area contributed by atoms with Crippen LogP contribution in [0.15, 0.2) is 24.3 Å². The van der Waals surface area contributed by atoms with Gasteiger partial charge >= 0.3 is 0 Å². The van der Waals surface area contributed by atoms with Gasteiger partial charge in [0.05, 0.1) is 18.7 Å². The Hall–Kier alpha value is -2.85. The van der Waals surface area contributed by atoms with Gasteiger partial charge in [0, 0.05) is 23.9 Å². The Balaban J connectivity index is 1.72. The molecule has 0 saturated heterocycles. The Kier molecular flexibility index (Phi) is 6.32. The van der Waals surface area contributed by atoms with Crippen LogP contribution in [-0.4, -0.2) is 29.9 Å². The lowest BCUT2D eigenvalue weighted by Gasteiger charge is -2.25. The fraction of sp³-hybridized carbons (Fsp3) is 0.381. The summed E-state index contributed by atoms with van der Waals surface area (Å²) in [7, 11) is 0. The van der Waals surface area contributed by atoms with Gasteiger partial charge in [0.1, 0.15) is 16.8 Å². The zero-order chi connectivity index (χ0) is 20.1. The Morgan fingerprint density at radius 2 is 2.07 bits per heavy atom. The summed E-state index contributed by atoms with van der Waals surface area (Å²) in [6.07, 6.45) is 2.69. The van der Waals surface area contributed by atoms with Crippen molar-refractivity contribution in [2.45, 2.75) is 39.7 Å². The predicted molar refractivity (Wildman–Crippen MR) is 109 cm³/mol. The van der Waals surface area contributed by atoms with Crippen LogP contribution in [-0.2, 0) is 17.8 Å². The number of thiophene rings is 1. The van der Waals surface area contributed by atoms with Crippen LogP contribution in [0.5, 0.6) is 5.75 Å². The Morgan fingerprint density at radius 3 is 2.71 bits per heavy atom. The van der Waals surface area contributed by atoms with Gasteiger partial charge < -0.3 is 15.0 Å². The number of amides is 2. The largest absolute Gasteiger partial charge is 0.494 e. The smallest absolute Gasteiger partial charge is 0.256 e. The quantitative estimate of drug-likeness (QED) is 0.748. The summed E-state index contributed by atoms with van der Waals surface area (Å²) in [4.78, 5) is 27.0. The van der Waals surface area contributed by atoms with Crippen LogP contribution < -0.4 is 10.1 Å². The first-order valence-electron chi connectivity index (χ1n) is 9.37. The van der Waals surface area contributed by atoms with E-state index in [-0.39, 0.29) is 11.8 Å². The summed E-state index contributed by atoms with van der Waals surface area (Å²) in [5.74, 6) is 0.488. The standard InChI is InChI=1S/C21H23N3O3S/c1-3-4-11-27-16-7-5-15(6-8-16)20(26)23-21-18(12-22)17-9-10-24(14(2)25)13-19(17)28-21/h5-8H,3-4,9-11,13H2,1-2H3,(H,23,26). The Morgan fingerprint density at radius 1 is 1.32 bits per heavy atom. The summed E-state index contributed by atoms with van der Waals surface area (Å²) in [6.45, 7) is 5.39. The van der Waals surface area contributed by atoms with Crippen molar-refractivity contribution in [1.82, 2.24) is 4.90 Å². The third-order valence-corrected chi connectivity index (χ3v) is 5.86. The van der Waals surface area contributed by atoms with Gasteiger partial charge in [0.15, 0.2) is 0 Å². The minimum absolute atomic E-state index is 0.0180. The van der Waals surface area contributed by atoms with E-state index in [2.05, 4.69) is 18.3 Å². The van der Waals surface area contributed by atoms with Crippen molar-refractivity contribution in [2.75, 3.05) is 18.5 Å². The van der Waals surface area contributed by atoms with Crippen molar-refractivity contribution in [3.8, 4) is 11.8 Å². The molecule has 0 saturated carbocycles. The van der Waals surface area contributed by atoms with E-state index in [1.165, 1.54) is 11.3 Å². The number of nitrogens with one attached hydrogen (secondary N) is 1. The second-order valence-corrected chi connectivity index (χ2v) is 7.80. The molecule has 7 heteroatoms. The highest BCUT2D eigenvalue weighted by Crippen LogP contribution is 2.36. The molecule has 2 aromatic rings. The predicted octanol–water partition coefficient (Wildman–Crippen LogP) is 3.96. The van der Waals surface area contributed by atoms with Crippen LogP contribution in [0.2, 0.25) is 0 Å². The molecule has 3 rings (SSSR count). The molecule has 0 atom stereocenters. The van der Waals surface area contributed by atoms with Crippen molar-refractivity contribution >= 4 is 28.2 Å². The maximum absolute atomic E-state index is 12.6. The van der Waals surface area contributed by atoms with Crippen molar-refractivity contribution in [1.29, 1.82) is 5.26 Å². The molecule has 28 heavy (non-hydrogen) atoms. The number of nitrogens with zero attached hydrogens (tertiary/aromatic N) is 2. The zero-order valence-corrected chi connectivity index (χ0v) is 16.9. The van der Waals surface area contributed by atoms with Crippen molar-refractivity contribution in [3.63, 3.8) is 0 Å². The fourth-order valence-electron chi connectivity index (χ4n) is 3.09. The number of rotatable bonds is 6. The molecule has 1 aliphatic rings. The highest BCUT2D eigenvalue weighted by molar-refractivity contribution is 7.16. The zero-order valence-electron chi connectivity index (χ0n) is 16.1. The molecule has 146 valence electrons. The van der Waals surface area contributed by atoms with Crippen LogP contribution in [0.3, 0.4) is 0 Å². The molecule has 0 bridgehead atoms. The molecule has 6 nitrogen and oxygen atoms in total.